The van der Waals surface area contributed by atoms with E-state index < -0.39 is 0 Å². The lowest BCUT2D eigenvalue weighted by molar-refractivity contribution is -0.132. The van der Waals surface area contributed by atoms with Crippen molar-refractivity contribution in [2.45, 2.75) is 6.04 Å². The fourth-order valence-corrected chi connectivity index (χ4v) is 2.40. The molecule has 1 fully saturated rings. The zero-order chi connectivity index (χ0) is 13.8. The molecule has 0 radical (unpaired) electrons. The number of hydrogen-bond donors (Lipinski definition) is 1. The molecule has 5 heteroatoms. The normalized spacial score (nSPS) is 19.7. The highest BCUT2D eigenvalue weighted by molar-refractivity contribution is 5.86. The minimum atomic E-state index is -0.157. The maximum absolute atomic E-state index is 12.3. The summed E-state index contributed by atoms with van der Waals surface area (Å²) in [6.45, 7) is 2.22. The molecule has 0 saturated carbocycles. The summed E-state index contributed by atoms with van der Waals surface area (Å²) in [6.07, 6.45) is 0. The molecule has 104 valence electrons. The van der Waals surface area contributed by atoms with E-state index in [2.05, 4.69) is 10.2 Å². The number of nitrogens with one attached hydrogen (secondary N) is 1. The Morgan fingerprint density at radius 2 is 2.21 bits per heavy atom. The van der Waals surface area contributed by atoms with Crippen LogP contribution >= 0.6 is 0 Å². The predicted molar refractivity (Wildman–Crippen MR) is 75.7 cm³/mol. The second kappa shape index (κ2) is 5.93. The summed E-state index contributed by atoms with van der Waals surface area (Å²) < 4.78 is 5.25. The number of piperazine rings is 1. The summed E-state index contributed by atoms with van der Waals surface area (Å²) in [5, 5.41) is 3.10. The average Bonchev–Trinajstić information content (AvgIpc) is 2.44. The summed E-state index contributed by atoms with van der Waals surface area (Å²) in [7, 11) is 5.37. The van der Waals surface area contributed by atoms with Crippen LogP contribution in [0.15, 0.2) is 24.3 Å². The monoisotopic (exact) mass is 263 g/mol. The first-order valence-corrected chi connectivity index (χ1v) is 6.47. The predicted octanol–water partition coefficient (Wildman–Crippen LogP) is 0.562. The number of benzene rings is 1. The van der Waals surface area contributed by atoms with Crippen LogP contribution in [0.3, 0.4) is 0 Å². The summed E-state index contributed by atoms with van der Waals surface area (Å²) in [5.74, 6) is 0.968. The number of rotatable bonds is 4. The van der Waals surface area contributed by atoms with E-state index in [0.717, 1.165) is 24.5 Å². The van der Waals surface area contributed by atoms with Crippen LogP contribution in [0.4, 0.5) is 5.69 Å². The Bertz CT molecular complexity index is 450. The van der Waals surface area contributed by atoms with Gasteiger partial charge in [0, 0.05) is 38.4 Å². The Hall–Kier alpha value is -1.75. The van der Waals surface area contributed by atoms with Gasteiger partial charge in [0.2, 0.25) is 5.91 Å². The molecule has 1 heterocycles. The van der Waals surface area contributed by atoms with E-state index in [1.54, 1.807) is 12.0 Å². The third kappa shape index (κ3) is 2.81. The van der Waals surface area contributed by atoms with Gasteiger partial charge in [-0.2, -0.15) is 0 Å². The number of methoxy groups -OCH3 is 1. The number of carbonyl (C=O) groups excluding carboxylic acids is 1. The van der Waals surface area contributed by atoms with Crippen molar-refractivity contribution in [1.29, 1.82) is 0 Å². The van der Waals surface area contributed by atoms with Crippen molar-refractivity contribution in [2.24, 2.45) is 0 Å². The Labute approximate surface area is 114 Å². The van der Waals surface area contributed by atoms with E-state index in [1.807, 2.05) is 38.4 Å². The molecule has 2 rings (SSSR count). The highest BCUT2D eigenvalue weighted by Crippen LogP contribution is 2.24. The van der Waals surface area contributed by atoms with Gasteiger partial charge < -0.3 is 19.9 Å². The molecule has 1 atom stereocenters. The first kappa shape index (κ1) is 13.7. The van der Waals surface area contributed by atoms with E-state index in [1.165, 1.54) is 0 Å². The van der Waals surface area contributed by atoms with Gasteiger partial charge in [0.1, 0.15) is 11.8 Å². The Balaban J connectivity index is 2.27. The lowest BCUT2D eigenvalue weighted by Crippen LogP contribution is -2.59. The molecule has 0 bridgehead atoms. The average molecular weight is 263 g/mol. The van der Waals surface area contributed by atoms with Gasteiger partial charge in [-0.1, -0.05) is 6.07 Å². The molecule has 0 aromatic heterocycles. The van der Waals surface area contributed by atoms with Crippen molar-refractivity contribution in [3.05, 3.63) is 24.3 Å². The summed E-state index contributed by atoms with van der Waals surface area (Å²) in [5.41, 5.74) is 1.03. The van der Waals surface area contributed by atoms with Gasteiger partial charge in [-0.05, 0) is 19.2 Å². The summed E-state index contributed by atoms with van der Waals surface area (Å²) in [6, 6.07) is 7.70. The fourth-order valence-electron chi connectivity index (χ4n) is 2.40. The van der Waals surface area contributed by atoms with E-state index in [9.17, 15) is 4.79 Å². The van der Waals surface area contributed by atoms with Crippen LogP contribution in [0, 0.1) is 0 Å². The molecule has 1 unspecified atom stereocenters. The van der Waals surface area contributed by atoms with Crippen LogP contribution in [0.5, 0.6) is 5.75 Å². The molecule has 1 aromatic carbocycles. The highest BCUT2D eigenvalue weighted by Gasteiger charge is 2.32. The molecule has 5 nitrogen and oxygen atoms in total. The minimum absolute atomic E-state index is 0.156. The third-order valence-corrected chi connectivity index (χ3v) is 3.50. The Kier molecular flexibility index (Phi) is 4.27. The van der Waals surface area contributed by atoms with Crippen LogP contribution in [0.1, 0.15) is 0 Å². The zero-order valence-corrected chi connectivity index (χ0v) is 11.7. The van der Waals surface area contributed by atoms with Crippen molar-refractivity contribution in [2.75, 3.05) is 45.7 Å². The topological polar surface area (TPSA) is 44.8 Å². The van der Waals surface area contributed by atoms with Crippen molar-refractivity contribution >= 4 is 11.6 Å². The lowest BCUT2D eigenvalue weighted by atomic mass is 10.1. The van der Waals surface area contributed by atoms with Crippen molar-refractivity contribution in [1.82, 2.24) is 10.2 Å². The van der Waals surface area contributed by atoms with Gasteiger partial charge in [0.25, 0.3) is 0 Å². The van der Waals surface area contributed by atoms with Gasteiger partial charge in [0.15, 0.2) is 0 Å². The van der Waals surface area contributed by atoms with Crippen molar-refractivity contribution in [3.8, 4) is 5.75 Å². The summed E-state index contributed by atoms with van der Waals surface area (Å²) >= 11 is 0. The van der Waals surface area contributed by atoms with E-state index in [-0.39, 0.29) is 11.9 Å². The number of amides is 1. The molecule has 1 aromatic rings. The van der Waals surface area contributed by atoms with Gasteiger partial charge in [0.05, 0.1) is 7.11 Å². The molecule has 1 saturated heterocycles. The SMILES string of the molecule is CNCC1C(=O)N(C)CCN1c1cccc(OC)c1. The molecule has 0 aliphatic carbocycles. The zero-order valence-electron chi connectivity index (χ0n) is 11.7. The molecule has 19 heavy (non-hydrogen) atoms. The summed E-state index contributed by atoms with van der Waals surface area (Å²) in [4.78, 5) is 16.2. The van der Waals surface area contributed by atoms with Crippen molar-refractivity contribution < 1.29 is 9.53 Å². The fraction of sp³-hybridized carbons (Fsp3) is 0.500. The lowest BCUT2D eigenvalue weighted by Gasteiger charge is -2.40. The first-order chi connectivity index (χ1) is 9.17. The maximum Gasteiger partial charge on any atom is 0.246 e. The van der Waals surface area contributed by atoms with Gasteiger partial charge in [-0.3, -0.25) is 4.79 Å². The number of hydrogen-bond acceptors (Lipinski definition) is 4. The number of likely N-dealkylation sites (N-methyl/N-ethyl adjacent to an activating group) is 2. The van der Waals surface area contributed by atoms with E-state index in [4.69, 9.17) is 4.74 Å². The Morgan fingerprint density at radius 1 is 1.42 bits per heavy atom. The van der Waals surface area contributed by atoms with Gasteiger partial charge >= 0.3 is 0 Å². The van der Waals surface area contributed by atoms with Crippen LogP contribution in [0.2, 0.25) is 0 Å². The van der Waals surface area contributed by atoms with E-state index >= 15 is 0 Å². The number of nitrogens with zero attached hydrogens (tertiary/aromatic N) is 2. The number of ether oxygens (including phenoxy) is 1. The molecule has 0 spiro atoms. The Morgan fingerprint density at radius 3 is 2.89 bits per heavy atom. The third-order valence-electron chi connectivity index (χ3n) is 3.50. The molecule has 1 amide bonds. The van der Waals surface area contributed by atoms with Gasteiger partial charge in [-0.15, -0.1) is 0 Å². The number of anilines is 1. The second-order valence-electron chi connectivity index (χ2n) is 4.73. The minimum Gasteiger partial charge on any atom is -0.497 e. The quantitative estimate of drug-likeness (QED) is 0.862. The van der Waals surface area contributed by atoms with Crippen LogP contribution in [-0.2, 0) is 4.79 Å². The second-order valence-corrected chi connectivity index (χ2v) is 4.73. The van der Waals surface area contributed by atoms with Crippen molar-refractivity contribution in [3.63, 3.8) is 0 Å². The molecule has 1 N–H and O–H groups in total. The molecular weight excluding hydrogens is 242 g/mol. The standard InChI is InChI=1S/C14H21N3O2/c1-15-10-13-14(18)16(2)7-8-17(13)11-5-4-6-12(9-11)19-3/h4-6,9,13,15H,7-8,10H2,1-3H3. The van der Waals surface area contributed by atoms with Crippen LogP contribution < -0.4 is 15.0 Å². The first-order valence-electron chi connectivity index (χ1n) is 6.47. The van der Waals surface area contributed by atoms with Crippen LogP contribution in [0.25, 0.3) is 0 Å². The number of carbonyl (C=O) groups is 1. The molecular formula is C14H21N3O2. The molecule has 1 aliphatic rings. The van der Waals surface area contributed by atoms with Crippen LogP contribution in [-0.4, -0.2) is 57.7 Å². The molecule has 1 aliphatic heterocycles. The highest BCUT2D eigenvalue weighted by atomic mass is 16.5. The largest absolute Gasteiger partial charge is 0.497 e. The van der Waals surface area contributed by atoms with E-state index in [0.29, 0.717) is 6.54 Å². The maximum atomic E-state index is 12.3. The smallest absolute Gasteiger partial charge is 0.246 e. The van der Waals surface area contributed by atoms with Gasteiger partial charge in [-0.25, -0.2) is 0 Å².